The molecule has 0 spiro atoms. The Morgan fingerprint density at radius 3 is 2.24 bits per heavy atom. The third kappa shape index (κ3) is 5.33. The molecule has 1 unspecified atom stereocenters. The van der Waals surface area contributed by atoms with Gasteiger partial charge in [-0.3, -0.25) is 0 Å². The Balaban J connectivity index is 1.71. The second kappa shape index (κ2) is 8.92. The van der Waals surface area contributed by atoms with Gasteiger partial charge < -0.3 is 9.47 Å². The third-order valence-corrected chi connectivity index (χ3v) is 5.16. The molecule has 1 atom stereocenters. The van der Waals surface area contributed by atoms with Crippen molar-refractivity contribution in [2.75, 3.05) is 7.05 Å². The van der Waals surface area contributed by atoms with E-state index in [2.05, 4.69) is 12.1 Å². The summed E-state index contributed by atoms with van der Waals surface area (Å²) in [4.78, 5) is 1.08. The van der Waals surface area contributed by atoms with Gasteiger partial charge in [-0.1, -0.05) is 42.5 Å². The van der Waals surface area contributed by atoms with Crippen molar-refractivity contribution in [3.05, 3.63) is 81.9 Å². The summed E-state index contributed by atoms with van der Waals surface area (Å²) >= 11 is 5.59. The lowest BCUT2D eigenvalue weighted by molar-refractivity contribution is -0.917. The summed E-state index contributed by atoms with van der Waals surface area (Å²) in [7, 11) is 1.97. The largest absolute Gasteiger partial charge is 0.416 e. The van der Waals surface area contributed by atoms with E-state index < -0.39 is 11.7 Å². The van der Waals surface area contributed by atoms with Crippen molar-refractivity contribution in [3.8, 4) is 0 Å². The molecule has 3 aromatic rings. The minimum atomic E-state index is -4.31. The highest BCUT2D eigenvalue weighted by Crippen LogP contribution is 2.28. The fourth-order valence-corrected chi connectivity index (χ4v) is 3.63. The fraction of sp³-hybridized carbons (Fsp3) is 0.333. The first-order chi connectivity index (χ1) is 13.8. The molecule has 1 N–H and O–H groups in total. The molecule has 0 saturated carbocycles. The van der Waals surface area contributed by atoms with Crippen molar-refractivity contribution in [1.82, 2.24) is 14.3 Å². The number of benzene rings is 2. The molecule has 4 nitrogen and oxygen atoms in total. The van der Waals surface area contributed by atoms with E-state index in [0.717, 1.165) is 35.0 Å². The first-order valence-electron chi connectivity index (χ1n) is 9.45. The van der Waals surface area contributed by atoms with Crippen molar-refractivity contribution < 1.29 is 18.1 Å². The zero-order valence-electron chi connectivity index (χ0n) is 16.4. The molecule has 0 radical (unpaired) electrons. The standard InChI is InChI=1S/C21H23F3N4S/c1-3-27-19(13-16-7-5-4-6-8-16)25-28(20(27)29)15-26(2)14-17-9-11-18(12-10-17)21(22,23)24/h4-12H,3,13-15H2,1-2H3/p+1. The highest BCUT2D eigenvalue weighted by atomic mass is 32.1. The van der Waals surface area contributed by atoms with Crippen LogP contribution in [-0.2, 0) is 32.4 Å². The molecular formula is C21H24F3N4S+. The number of rotatable bonds is 7. The van der Waals surface area contributed by atoms with Gasteiger partial charge >= 0.3 is 6.18 Å². The molecular weight excluding hydrogens is 397 g/mol. The number of aromatic nitrogens is 3. The molecule has 1 aromatic heterocycles. The molecule has 0 bridgehead atoms. The zero-order chi connectivity index (χ0) is 21.0. The van der Waals surface area contributed by atoms with E-state index in [0.29, 0.717) is 24.4 Å². The number of nitrogens with one attached hydrogen (secondary N) is 1. The third-order valence-electron chi connectivity index (χ3n) is 4.73. The van der Waals surface area contributed by atoms with Crippen LogP contribution in [0.25, 0.3) is 0 Å². The van der Waals surface area contributed by atoms with Crippen molar-refractivity contribution in [2.45, 2.75) is 39.3 Å². The summed E-state index contributed by atoms with van der Waals surface area (Å²) in [5.41, 5.74) is 1.37. The lowest BCUT2D eigenvalue weighted by Crippen LogP contribution is -3.07. The maximum atomic E-state index is 12.7. The zero-order valence-corrected chi connectivity index (χ0v) is 17.2. The van der Waals surface area contributed by atoms with Gasteiger partial charge in [0.1, 0.15) is 12.4 Å². The minimum absolute atomic E-state index is 0.536. The van der Waals surface area contributed by atoms with Crippen molar-refractivity contribution in [2.24, 2.45) is 0 Å². The number of quaternary nitrogens is 1. The van der Waals surface area contributed by atoms with E-state index in [4.69, 9.17) is 17.3 Å². The average molecular weight is 422 g/mol. The van der Waals surface area contributed by atoms with Gasteiger partial charge in [-0.05, 0) is 36.8 Å². The summed E-state index contributed by atoms with van der Waals surface area (Å²) in [5.74, 6) is 0.908. The topological polar surface area (TPSA) is 27.2 Å². The SMILES string of the molecule is CCn1c(Cc2ccccc2)nn(C[NH+](C)Cc2ccc(C(F)(F)F)cc2)c1=S. The van der Waals surface area contributed by atoms with E-state index in [1.807, 2.05) is 36.7 Å². The quantitative estimate of drug-likeness (QED) is 0.589. The molecule has 1 heterocycles. The first-order valence-corrected chi connectivity index (χ1v) is 9.86. The van der Waals surface area contributed by atoms with E-state index in [1.165, 1.54) is 17.7 Å². The Labute approximate surface area is 173 Å². The highest BCUT2D eigenvalue weighted by molar-refractivity contribution is 7.71. The van der Waals surface area contributed by atoms with Gasteiger partial charge in [0.2, 0.25) is 4.77 Å². The summed E-state index contributed by atoms with van der Waals surface area (Å²) in [6.45, 7) is 3.88. The van der Waals surface area contributed by atoms with Crippen LogP contribution in [0.5, 0.6) is 0 Å². The molecule has 154 valence electrons. The Morgan fingerprint density at radius 1 is 1.00 bits per heavy atom. The molecule has 0 aliphatic rings. The van der Waals surface area contributed by atoms with Crippen LogP contribution in [0.4, 0.5) is 13.2 Å². The molecule has 0 aliphatic heterocycles. The summed E-state index contributed by atoms with van der Waals surface area (Å²) in [5, 5.41) is 4.71. The lowest BCUT2D eigenvalue weighted by atomic mass is 10.1. The predicted molar refractivity (Wildman–Crippen MR) is 108 cm³/mol. The molecule has 2 aromatic carbocycles. The van der Waals surface area contributed by atoms with Gasteiger partial charge in [0.05, 0.1) is 12.6 Å². The van der Waals surface area contributed by atoms with E-state index in [-0.39, 0.29) is 0 Å². The average Bonchev–Trinajstić information content (AvgIpc) is 2.96. The first kappa shape index (κ1) is 21.3. The van der Waals surface area contributed by atoms with Crippen LogP contribution in [0.15, 0.2) is 54.6 Å². The second-order valence-corrected chi connectivity index (χ2v) is 7.46. The normalized spacial score (nSPS) is 12.9. The van der Waals surface area contributed by atoms with Crippen LogP contribution in [0.3, 0.4) is 0 Å². The number of hydrogen-bond donors (Lipinski definition) is 1. The van der Waals surface area contributed by atoms with Gasteiger partial charge in [-0.25, -0.2) is 0 Å². The lowest BCUT2D eigenvalue weighted by Gasteiger charge is -2.14. The van der Waals surface area contributed by atoms with Gasteiger partial charge in [-0.2, -0.15) is 23.0 Å². The van der Waals surface area contributed by atoms with Crippen LogP contribution in [0, 0.1) is 4.77 Å². The fourth-order valence-electron chi connectivity index (χ4n) is 3.29. The monoisotopic (exact) mass is 421 g/mol. The Morgan fingerprint density at radius 2 is 1.66 bits per heavy atom. The van der Waals surface area contributed by atoms with Gasteiger partial charge in [0.15, 0.2) is 6.67 Å². The molecule has 0 amide bonds. The van der Waals surface area contributed by atoms with Crippen LogP contribution < -0.4 is 4.90 Å². The predicted octanol–water partition coefficient (Wildman–Crippen LogP) is 3.72. The number of halogens is 3. The Hall–Kier alpha value is -2.45. The minimum Gasteiger partial charge on any atom is -0.315 e. The number of nitrogens with zero attached hydrogens (tertiary/aromatic N) is 3. The maximum absolute atomic E-state index is 12.7. The van der Waals surface area contributed by atoms with Crippen molar-refractivity contribution in [3.63, 3.8) is 0 Å². The maximum Gasteiger partial charge on any atom is 0.416 e. The second-order valence-electron chi connectivity index (χ2n) is 7.09. The van der Waals surface area contributed by atoms with Gasteiger partial charge in [-0.15, -0.1) is 0 Å². The van der Waals surface area contributed by atoms with Crippen molar-refractivity contribution in [1.29, 1.82) is 0 Å². The smallest absolute Gasteiger partial charge is 0.315 e. The molecule has 3 rings (SSSR count). The van der Waals surface area contributed by atoms with E-state index in [1.54, 1.807) is 4.68 Å². The molecule has 0 aliphatic carbocycles. The van der Waals surface area contributed by atoms with Crippen LogP contribution >= 0.6 is 12.2 Å². The highest BCUT2D eigenvalue weighted by Gasteiger charge is 2.30. The van der Waals surface area contributed by atoms with Crippen LogP contribution in [-0.4, -0.2) is 21.4 Å². The van der Waals surface area contributed by atoms with Crippen LogP contribution in [0.1, 0.15) is 29.4 Å². The Kier molecular flexibility index (Phi) is 6.54. The number of alkyl halides is 3. The molecule has 29 heavy (non-hydrogen) atoms. The van der Waals surface area contributed by atoms with Crippen molar-refractivity contribution >= 4 is 12.2 Å². The van der Waals surface area contributed by atoms with Gasteiger partial charge in [0.25, 0.3) is 0 Å². The van der Waals surface area contributed by atoms with Gasteiger partial charge in [0, 0.05) is 18.5 Å². The summed E-state index contributed by atoms with van der Waals surface area (Å²) < 4.78 is 42.6. The Bertz CT molecular complexity index is 992. The molecule has 0 fully saturated rings. The molecule has 0 saturated heterocycles. The molecule has 8 heteroatoms. The van der Waals surface area contributed by atoms with Crippen LogP contribution in [0.2, 0.25) is 0 Å². The summed E-state index contributed by atoms with van der Waals surface area (Å²) in [6.07, 6.45) is -3.62. The van der Waals surface area contributed by atoms with E-state index >= 15 is 0 Å². The number of hydrogen-bond acceptors (Lipinski definition) is 2. The summed E-state index contributed by atoms with van der Waals surface area (Å²) in [6, 6.07) is 15.4. The van der Waals surface area contributed by atoms with E-state index in [9.17, 15) is 13.2 Å².